The number of nitrogens with one attached hydrogen (secondary N) is 1. The molecule has 3 nitrogen and oxygen atoms in total. The summed E-state index contributed by atoms with van der Waals surface area (Å²) >= 11 is 1.76. The summed E-state index contributed by atoms with van der Waals surface area (Å²) in [5.41, 5.74) is 0.157. The lowest BCUT2D eigenvalue weighted by atomic mass is 10.1. The van der Waals surface area contributed by atoms with Gasteiger partial charge in [0.15, 0.2) is 0 Å². The molecule has 1 fully saturated rings. The molecule has 1 aromatic heterocycles. The van der Waals surface area contributed by atoms with Crippen LogP contribution < -0.4 is 10.1 Å². The molecule has 0 unspecified atom stereocenters. The van der Waals surface area contributed by atoms with E-state index in [4.69, 9.17) is 4.74 Å². The van der Waals surface area contributed by atoms with Crippen molar-refractivity contribution >= 4 is 17.4 Å². The maximum absolute atomic E-state index is 11.7. The predicted molar refractivity (Wildman–Crippen MR) is 75.7 cm³/mol. The topological polar surface area (TPSA) is 38.3 Å². The van der Waals surface area contributed by atoms with Gasteiger partial charge < -0.3 is 10.1 Å². The van der Waals surface area contributed by atoms with Crippen LogP contribution in [0.4, 0.5) is 4.79 Å². The lowest BCUT2D eigenvalue weighted by molar-refractivity contribution is 0.199. The Balaban J connectivity index is 1.54. The van der Waals surface area contributed by atoms with Gasteiger partial charge in [-0.1, -0.05) is 24.3 Å². The zero-order valence-electron chi connectivity index (χ0n) is 10.5. The number of ether oxygens (including phenoxy) is 1. The Morgan fingerprint density at radius 2 is 2.00 bits per heavy atom. The van der Waals surface area contributed by atoms with E-state index in [1.54, 1.807) is 23.5 Å². The smallest absolute Gasteiger partial charge is 0.410 e. The fourth-order valence-electron chi connectivity index (χ4n) is 2.11. The summed E-state index contributed by atoms with van der Waals surface area (Å²) in [4.78, 5) is 13.1. The number of carbonyl (C=O) groups is 1. The minimum absolute atomic E-state index is 0.157. The number of para-hydroxylation sites is 1. The van der Waals surface area contributed by atoms with E-state index in [2.05, 4.69) is 22.8 Å². The first-order valence-electron chi connectivity index (χ1n) is 6.33. The monoisotopic (exact) mass is 273 g/mol. The van der Waals surface area contributed by atoms with E-state index in [-0.39, 0.29) is 11.5 Å². The molecule has 1 heterocycles. The second-order valence-electron chi connectivity index (χ2n) is 4.81. The third-order valence-electron chi connectivity index (χ3n) is 3.42. The molecule has 1 saturated carbocycles. The van der Waals surface area contributed by atoms with Crippen LogP contribution in [0.1, 0.15) is 17.7 Å². The zero-order chi connectivity index (χ0) is 13.1. The van der Waals surface area contributed by atoms with Crippen molar-refractivity contribution in [3.63, 3.8) is 0 Å². The first-order valence-corrected chi connectivity index (χ1v) is 7.21. The van der Waals surface area contributed by atoms with Crippen molar-refractivity contribution < 1.29 is 9.53 Å². The van der Waals surface area contributed by atoms with Gasteiger partial charge in [-0.3, -0.25) is 0 Å². The molecule has 0 atom stereocenters. The highest BCUT2D eigenvalue weighted by molar-refractivity contribution is 7.10. The van der Waals surface area contributed by atoms with Gasteiger partial charge in [0.1, 0.15) is 5.75 Å². The molecular formula is C15H15NO2S. The van der Waals surface area contributed by atoms with Crippen molar-refractivity contribution in [1.29, 1.82) is 0 Å². The highest BCUT2D eigenvalue weighted by atomic mass is 32.1. The number of hydrogen-bond acceptors (Lipinski definition) is 3. The minimum atomic E-state index is -0.381. The quantitative estimate of drug-likeness (QED) is 0.924. The Morgan fingerprint density at radius 1 is 1.21 bits per heavy atom. The second-order valence-corrected chi connectivity index (χ2v) is 5.76. The third kappa shape index (κ3) is 2.79. The van der Waals surface area contributed by atoms with E-state index in [9.17, 15) is 4.79 Å². The average Bonchev–Trinajstić information content (AvgIpc) is 3.01. The van der Waals surface area contributed by atoms with Gasteiger partial charge in [0.2, 0.25) is 0 Å². The number of benzene rings is 1. The van der Waals surface area contributed by atoms with Crippen LogP contribution in [0.2, 0.25) is 0 Å². The van der Waals surface area contributed by atoms with Gasteiger partial charge >= 0.3 is 6.09 Å². The van der Waals surface area contributed by atoms with Gasteiger partial charge in [-0.05, 0) is 36.4 Å². The van der Waals surface area contributed by atoms with Gasteiger partial charge in [0, 0.05) is 16.8 Å². The van der Waals surface area contributed by atoms with Crippen LogP contribution in [0.25, 0.3) is 0 Å². The van der Waals surface area contributed by atoms with Crippen molar-refractivity contribution in [3.8, 4) is 5.75 Å². The Kier molecular flexibility index (Phi) is 3.25. The Bertz CT molecular complexity index is 547. The van der Waals surface area contributed by atoms with E-state index >= 15 is 0 Å². The highest BCUT2D eigenvalue weighted by Gasteiger charge is 2.45. The summed E-state index contributed by atoms with van der Waals surface area (Å²) in [5, 5.41) is 4.95. The molecule has 0 bridgehead atoms. The van der Waals surface area contributed by atoms with E-state index in [1.165, 1.54) is 4.88 Å². The first kappa shape index (κ1) is 12.2. The molecule has 1 aromatic carbocycles. The van der Waals surface area contributed by atoms with Crippen LogP contribution in [-0.4, -0.2) is 12.6 Å². The molecule has 0 aliphatic heterocycles. The number of rotatable bonds is 4. The summed E-state index contributed by atoms with van der Waals surface area (Å²) in [6.45, 7) is 0.652. The highest BCUT2D eigenvalue weighted by Crippen LogP contribution is 2.49. The lowest BCUT2D eigenvalue weighted by Gasteiger charge is -2.14. The number of hydrogen-bond donors (Lipinski definition) is 1. The predicted octanol–water partition coefficient (Wildman–Crippen LogP) is 3.57. The van der Waals surface area contributed by atoms with Crippen LogP contribution in [0.5, 0.6) is 5.75 Å². The largest absolute Gasteiger partial charge is 0.412 e. The standard InChI is InChI=1S/C15H15NO2S/c17-14(18-12-5-2-1-3-6-12)16-11-15(8-9-15)13-7-4-10-19-13/h1-7,10H,8-9,11H2,(H,16,17). The van der Waals surface area contributed by atoms with Gasteiger partial charge in [-0.25, -0.2) is 4.79 Å². The van der Waals surface area contributed by atoms with Gasteiger partial charge in [-0.15, -0.1) is 11.3 Å². The third-order valence-corrected chi connectivity index (χ3v) is 4.54. The molecule has 0 radical (unpaired) electrons. The molecule has 19 heavy (non-hydrogen) atoms. The van der Waals surface area contributed by atoms with Crippen molar-refractivity contribution in [1.82, 2.24) is 5.32 Å². The maximum atomic E-state index is 11.7. The molecule has 0 spiro atoms. The fraction of sp³-hybridized carbons (Fsp3) is 0.267. The van der Waals surface area contributed by atoms with Gasteiger partial charge in [0.05, 0.1) is 0 Å². The Morgan fingerprint density at radius 3 is 2.63 bits per heavy atom. The van der Waals surface area contributed by atoms with E-state index in [0.29, 0.717) is 12.3 Å². The van der Waals surface area contributed by atoms with Crippen LogP contribution in [0.15, 0.2) is 47.8 Å². The second kappa shape index (κ2) is 5.05. The normalized spacial score (nSPS) is 15.8. The average molecular weight is 273 g/mol. The molecular weight excluding hydrogens is 258 g/mol. The minimum Gasteiger partial charge on any atom is -0.410 e. The molecule has 1 aliphatic carbocycles. The van der Waals surface area contributed by atoms with Crippen LogP contribution in [-0.2, 0) is 5.41 Å². The Hall–Kier alpha value is -1.81. The summed E-state index contributed by atoms with van der Waals surface area (Å²) in [7, 11) is 0. The molecule has 0 saturated heterocycles. The van der Waals surface area contributed by atoms with Gasteiger partial charge in [-0.2, -0.15) is 0 Å². The summed E-state index contributed by atoms with van der Waals surface area (Å²) in [6.07, 6.45) is 1.90. The summed E-state index contributed by atoms with van der Waals surface area (Å²) in [6, 6.07) is 13.3. The zero-order valence-corrected chi connectivity index (χ0v) is 11.3. The molecule has 2 aromatic rings. The van der Waals surface area contributed by atoms with Gasteiger partial charge in [0.25, 0.3) is 0 Å². The summed E-state index contributed by atoms with van der Waals surface area (Å²) < 4.78 is 5.21. The van der Waals surface area contributed by atoms with Crippen molar-refractivity contribution in [2.45, 2.75) is 18.3 Å². The van der Waals surface area contributed by atoms with Crippen molar-refractivity contribution in [3.05, 3.63) is 52.7 Å². The first-order chi connectivity index (χ1) is 9.28. The Labute approximate surface area is 116 Å². The molecule has 4 heteroatoms. The molecule has 3 rings (SSSR count). The maximum Gasteiger partial charge on any atom is 0.412 e. The van der Waals surface area contributed by atoms with Crippen molar-refractivity contribution in [2.75, 3.05) is 6.54 Å². The summed E-state index contributed by atoms with van der Waals surface area (Å²) in [5.74, 6) is 0.570. The number of amides is 1. The van der Waals surface area contributed by atoms with Crippen LogP contribution in [0, 0.1) is 0 Å². The van der Waals surface area contributed by atoms with Crippen LogP contribution in [0.3, 0.4) is 0 Å². The van der Waals surface area contributed by atoms with E-state index < -0.39 is 0 Å². The molecule has 1 N–H and O–H groups in total. The van der Waals surface area contributed by atoms with Crippen molar-refractivity contribution in [2.24, 2.45) is 0 Å². The SMILES string of the molecule is O=C(NCC1(c2cccs2)CC1)Oc1ccccc1. The lowest BCUT2D eigenvalue weighted by Crippen LogP contribution is -2.33. The fourth-order valence-corrected chi connectivity index (χ4v) is 3.10. The van der Waals surface area contributed by atoms with E-state index in [1.807, 2.05) is 18.2 Å². The molecule has 98 valence electrons. The van der Waals surface area contributed by atoms with E-state index in [0.717, 1.165) is 12.8 Å². The molecule has 1 amide bonds. The number of thiophene rings is 1. The van der Waals surface area contributed by atoms with Crippen LogP contribution >= 0.6 is 11.3 Å². The molecule has 1 aliphatic rings. The number of carbonyl (C=O) groups excluding carboxylic acids is 1.